The zero-order valence-electron chi connectivity index (χ0n) is 14.5. The predicted octanol–water partition coefficient (Wildman–Crippen LogP) is 2.82. The maximum absolute atomic E-state index is 3.61. The van der Waals surface area contributed by atoms with Crippen molar-refractivity contribution >= 4 is 0 Å². The Kier molecular flexibility index (Phi) is 8.74. The van der Waals surface area contributed by atoms with E-state index in [2.05, 4.69) is 49.7 Å². The zero-order chi connectivity index (χ0) is 15.0. The minimum Gasteiger partial charge on any atom is -0.314 e. The van der Waals surface area contributed by atoms with Gasteiger partial charge in [0, 0.05) is 12.1 Å². The van der Waals surface area contributed by atoms with Crippen molar-refractivity contribution in [3.05, 3.63) is 0 Å². The summed E-state index contributed by atoms with van der Waals surface area (Å²) in [4.78, 5) is 5.26. The molecule has 1 fully saturated rings. The molecule has 0 aromatic carbocycles. The van der Waals surface area contributed by atoms with E-state index in [1.54, 1.807) is 0 Å². The van der Waals surface area contributed by atoms with Crippen molar-refractivity contribution in [3.8, 4) is 0 Å². The van der Waals surface area contributed by atoms with Crippen molar-refractivity contribution in [2.45, 2.75) is 66.0 Å². The highest BCUT2D eigenvalue weighted by Crippen LogP contribution is 2.31. The third-order valence-electron chi connectivity index (χ3n) is 4.85. The van der Waals surface area contributed by atoms with Crippen molar-refractivity contribution in [3.63, 3.8) is 0 Å². The Morgan fingerprint density at radius 3 is 2.15 bits per heavy atom. The Morgan fingerprint density at radius 1 is 1.00 bits per heavy atom. The maximum Gasteiger partial charge on any atom is 0.0136 e. The van der Waals surface area contributed by atoms with Crippen LogP contribution in [0.25, 0.3) is 0 Å². The van der Waals surface area contributed by atoms with Gasteiger partial charge in [0.05, 0.1) is 0 Å². The second kappa shape index (κ2) is 9.75. The maximum atomic E-state index is 3.61. The van der Waals surface area contributed by atoms with Gasteiger partial charge in [-0.2, -0.15) is 0 Å². The summed E-state index contributed by atoms with van der Waals surface area (Å²) >= 11 is 0. The average Bonchev–Trinajstić information content (AvgIpc) is 2.40. The third kappa shape index (κ3) is 5.71. The highest BCUT2D eigenvalue weighted by atomic mass is 15.2. The summed E-state index contributed by atoms with van der Waals surface area (Å²) in [6.07, 6.45) is 4.14. The van der Waals surface area contributed by atoms with E-state index in [0.29, 0.717) is 6.04 Å². The second-order valence-electron chi connectivity index (χ2n) is 6.48. The molecule has 2 atom stereocenters. The van der Waals surface area contributed by atoms with Crippen LogP contribution in [0, 0.1) is 5.92 Å². The molecule has 0 bridgehead atoms. The van der Waals surface area contributed by atoms with Gasteiger partial charge in [0.15, 0.2) is 0 Å². The Bertz CT molecular complexity index is 238. The van der Waals surface area contributed by atoms with E-state index in [4.69, 9.17) is 0 Å². The normalized spacial score (nSPS) is 22.8. The first-order valence-corrected chi connectivity index (χ1v) is 8.82. The fourth-order valence-corrected chi connectivity index (χ4v) is 3.25. The molecule has 1 saturated carbocycles. The average molecular weight is 284 g/mol. The largest absolute Gasteiger partial charge is 0.314 e. The smallest absolute Gasteiger partial charge is 0.0136 e. The molecule has 3 heteroatoms. The molecule has 3 nitrogen and oxygen atoms in total. The number of hydrogen-bond donors (Lipinski definition) is 1. The topological polar surface area (TPSA) is 18.5 Å². The van der Waals surface area contributed by atoms with Crippen LogP contribution in [-0.4, -0.2) is 61.2 Å². The molecule has 1 aliphatic carbocycles. The number of rotatable bonds is 11. The summed E-state index contributed by atoms with van der Waals surface area (Å²) in [5.41, 5.74) is 0. The molecule has 0 aromatic heterocycles. The van der Waals surface area contributed by atoms with Crippen LogP contribution in [-0.2, 0) is 0 Å². The summed E-state index contributed by atoms with van der Waals surface area (Å²) in [6.45, 7) is 18.7. The third-order valence-corrected chi connectivity index (χ3v) is 4.85. The van der Waals surface area contributed by atoms with Crippen LogP contribution in [0.15, 0.2) is 0 Å². The van der Waals surface area contributed by atoms with Crippen LogP contribution in [0.1, 0.15) is 53.9 Å². The highest BCUT2D eigenvalue weighted by Gasteiger charge is 2.34. The standard InChI is InChI=1S/C17H37N3/c1-6-19(7-2)12-9-13-20(8-3)17-11-10-16(17)14-18-15(4)5/h15-18H,6-14H2,1-5H3. The molecular formula is C17H37N3. The van der Waals surface area contributed by atoms with Gasteiger partial charge in [0.2, 0.25) is 0 Å². The Hall–Kier alpha value is -0.120. The van der Waals surface area contributed by atoms with Crippen LogP contribution in [0.5, 0.6) is 0 Å². The van der Waals surface area contributed by atoms with Crippen molar-refractivity contribution in [2.75, 3.05) is 39.3 Å². The van der Waals surface area contributed by atoms with E-state index in [-0.39, 0.29) is 0 Å². The molecule has 0 spiro atoms. The fourth-order valence-electron chi connectivity index (χ4n) is 3.25. The van der Waals surface area contributed by atoms with Gasteiger partial charge >= 0.3 is 0 Å². The van der Waals surface area contributed by atoms with E-state index < -0.39 is 0 Å². The first-order chi connectivity index (χ1) is 9.62. The van der Waals surface area contributed by atoms with Gasteiger partial charge < -0.3 is 15.1 Å². The number of nitrogens with one attached hydrogen (secondary N) is 1. The van der Waals surface area contributed by atoms with Crippen LogP contribution < -0.4 is 5.32 Å². The lowest BCUT2D eigenvalue weighted by molar-refractivity contribution is 0.0615. The van der Waals surface area contributed by atoms with Crippen LogP contribution >= 0.6 is 0 Å². The number of hydrogen-bond acceptors (Lipinski definition) is 3. The SMILES string of the molecule is CCN(CC)CCCN(CC)C1CCC1CNC(C)C. The minimum absolute atomic E-state index is 0.619. The summed E-state index contributed by atoms with van der Waals surface area (Å²) < 4.78 is 0. The van der Waals surface area contributed by atoms with Gasteiger partial charge in [-0.1, -0.05) is 34.6 Å². The molecule has 1 rings (SSSR count). The molecule has 0 amide bonds. The van der Waals surface area contributed by atoms with Crippen LogP contribution in [0.2, 0.25) is 0 Å². The van der Waals surface area contributed by atoms with Crippen molar-refractivity contribution < 1.29 is 0 Å². The summed E-state index contributed by atoms with van der Waals surface area (Å²) in [5.74, 6) is 0.880. The molecule has 0 aliphatic heterocycles. The summed E-state index contributed by atoms with van der Waals surface area (Å²) in [5, 5.41) is 3.61. The first-order valence-electron chi connectivity index (χ1n) is 8.82. The molecule has 2 unspecified atom stereocenters. The number of nitrogens with zero attached hydrogens (tertiary/aromatic N) is 2. The van der Waals surface area contributed by atoms with Crippen molar-refractivity contribution in [2.24, 2.45) is 5.92 Å². The predicted molar refractivity (Wildman–Crippen MR) is 89.3 cm³/mol. The quantitative estimate of drug-likeness (QED) is 0.629. The van der Waals surface area contributed by atoms with Gasteiger partial charge in [-0.15, -0.1) is 0 Å². The fraction of sp³-hybridized carbons (Fsp3) is 1.00. The van der Waals surface area contributed by atoms with E-state index in [1.807, 2.05) is 0 Å². The Balaban J connectivity index is 2.27. The van der Waals surface area contributed by atoms with Crippen molar-refractivity contribution in [1.82, 2.24) is 15.1 Å². The van der Waals surface area contributed by atoms with Gasteiger partial charge in [-0.05, 0) is 64.4 Å². The Labute approximate surface area is 127 Å². The molecule has 0 radical (unpaired) electrons. The monoisotopic (exact) mass is 283 g/mol. The molecule has 1 aliphatic rings. The molecule has 20 heavy (non-hydrogen) atoms. The molecule has 0 aromatic rings. The Morgan fingerprint density at radius 2 is 1.70 bits per heavy atom. The highest BCUT2D eigenvalue weighted by molar-refractivity contribution is 4.90. The lowest BCUT2D eigenvalue weighted by atomic mass is 9.78. The van der Waals surface area contributed by atoms with Crippen LogP contribution in [0.3, 0.4) is 0 Å². The summed E-state index contributed by atoms with van der Waals surface area (Å²) in [7, 11) is 0. The van der Waals surface area contributed by atoms with Crippen molar-refractivity contribution in [1.29, 1.82) is 0 Å². The molecular weight excluding hydrogens is 246 g/mol. The molecule has 0 saturated heterocycles. The first kappa shape index (κ1) is 17.9. The van der Waals surface area contributed by atoms with Gasteiger partial charge in [0.1, 0.15) is 0 Å². The lowest BCUT2D eigenvalue weighted by Crippen LogP contribution is -2.51. The summed E-state index contributed by atoms with van der Waals surface area (Å²) in [6, 6.07) is 1.46. The van der Waals surface area contributed by atoms with Gasteiger partial charge in [0.25, 0.3) is 0 Å². The van der Waals surface area contributed by atoms with E-state index in [1.165, 1.54) is 58.5 Å². The van der Waals surface area contributed by atoms with E-state index >= 15 is 0 Å². The second-order valence-corrected chi connectivity index (χ2v) is 6.48. The molecule has 0 heterocycles. The lowest BCUT2D eigenvalue weighted by Gasteiger charge is -2.45. The van der Waals surface area contributed by atoms with Gasteiger partial charge in [-0.25, -0.2) is 0 Å². The molecule has 1 N–H and O–H groups in total. The van der Waals surface area contributed by atoms with Crippen LogP contribution in [0.4, 0.5) is 0 Å². The van der Waals surface area contributed by atoms with Gasteiger partial charge in [-0.3, -0.25) is 0 Å². The molecule has 120 valence electrons. The van der Waals surface area contributed by atoms with E-state index in [0.717, 1.165) is 12.0 Å². The minimum atomic E-state index is 0.619. The zero-order valence-corrected chi connectivity index (χ0v) is 14.5. The van der Waals surface area contributed by atoms with E-state index in [9.17, 15) is 0 Å².